The van der Waals surface area contributed by atoms with Gasteiger partial charge in [-0.2, -0.15) is 5.10 Å². The van der Waals surface area contributed by atoms with Gasteiger partial charge in [0.2, 0.25) is 5.88 Å². The predicted molar refractivity (Wildman–Crippen MR) is 110 cm³/mol. The normalized spacial score (nSPS) is 10.9. The maximum absolute atomic E-state index is 11.1. The summed E-state index contributed by atoms with van der Waals surface area (Å²) in [5, 5.41) is 15.9. The summed E-state index contributed by atoms with van der Waals surface area (Å²) in [6, 6.07) is 24.4. The van der Waals surface area contributed by atoms with Gasteiger partial charge >= 0.3 is 0 Å². The molecule has 0 unspecified atom stereocenters. The zero-order chi connectivity index (χ0) is 19.0. The summed E-state index contributed by atoms with van der Waals surface area (Å²) >= 11 is 0. The molecule has 4 aromatic rings. The molecule has 0 radical (unpaired) electrons. The predicted octanol–water partition coefficient (Wildman–Crippen LogP) is 5.84. The first-order valence-corrected chi connectivity index (χ1v) is 9.06. The lowest BCUT2D eigenvalue weighted by Crippen LogP contribution is -1.96. The lowest BCUT2D eigenvalue weighted by atomic mass is 9.99. The van der Waals surface area contributed by atoms with Gasteiger partial charge in [-0.1, -0.05) is 71.3 Å². The van der Waals surface area contributed by atoms with Gasteiger partial charge < -0.3 is 5.11 Å². The minimum absolute atomic E-state index is 0.152. The highest BCUT2D eigenvalue weighted by molar-refractivity contribution is 5.85. The molecule has 0 saturated heterocycles. The quantitative estimate of drug-likeness (QED) is 0.502. The number of benzene rings is 3. The van der Waals surface area contributed by atoms with Gasteiger partial charge in [0.15, 0.2) is 0 Å². The van der Waals surface area contributed by atoms with Crippen molar-refractivity contribution in [2.45, 2.75) is 20.8 Å². The Hall–Kier alpha value is -3.33. The maximum Gasteiger partial charge on any atom is 0.222 e. The number of rotatable bonds is 3. The van der Waals surface area contributed by atoms with Gasteiger partial charge in [-0.15, -0.1) is 0 Å². The van der Waals surface area contributed by atoms with Crippen LogP contribution >= 0.6 is 0 Å². The van der Waals surface area contributed by atoms with Crippen molar-refractivity contribution in [1.82, 2.24) is 9.78 Å². The Labute approximate surface area is 159 Å². The number of nitrogens with zero attached hydrogens (tertiary/aromatic N) is 2. The minimum atomic E-state index is 0.152. The van der Waals surface area contributed by atoms with E-state index in [2.05, 4.69) is 38.1 Å². The van der Waals surface area contributed by atoms with E-state index in [1.54, 1.807) is 4.68 Å². The molecule has 0 aliphatic carbocycles. The SMILES string of the molecule is Cc1ccc(-c2c(-c3cccc(C)c3)nn(-c3ccc(C)cc3)c2O)cc1. The summed E-state index contributed by atoms with van der Waals surface area (Å²) in [7, 11) is 0. The van der Waals surface area contributed by atoms with Gasteiger partial charge in [-0.3, -0.25) is 0 Å². The molecular weight excluding hydrogens is 332 g/mol. The Morgan fingerprint density at radius 2 is 1.33 bits per heavy atom. The second-order valence-electron chi connectivity index (χ2n) is 7.03. The van der Waals surface area contributed by atoms with Crippen molar-refractivity contribution in [3.05, 3.63) is 89.5 Å². The fourth-order valence-electron chi connectivity index (χ4n) is 3.26. The zero-order valence-electron chi connectivity index (χ0n) is 15.8. The highest BCUT2D eigenvalue weighted by Gasteiger charge is 2.21. The fourth-order valence-corrected chi connectivity index (χ4v) is 3.26. The first-order valence-electron chi connectivity index (χ1n) is 9.06. The minimum Gasteiger partial charge on any atom is -0.493 e. The lowest BCUT2D eigenvalue weighted by molar-refractivity contribution is 0.435. The third kappa shape index (κ3) is 3.24. The van der Waals surface area contributed by atoms with E-state index in [1.807, 2.05) is 55.5 Å². The molecule has 0 atom stereocenters. The average molecular weight is 354 g/mol. The molecule has 0 amide bonds. The molecule has 3 nitrogen and oxygen atoms in total. The fraction of sp³-hybridized carbons (Fsp3) is 0.125. The van der Waals surface area contributed by atoms with E-state index < -0.39 is 0 Å². The third-order valence-corrected chi connectivity index (χ3v) is 4.77. The van der Waals surface area contributed by atoms with E-state index in [4.69, 9.17) is 5.10 Å². The van der Waals surface area contributed by atoms with Crippen LogP contribution in [0, 0.1) is 20.8 Å². The molecular formula is C24H22N2O. The van der Waals surface area contributed by atoms with E-state index >= 15 is 0 Å². The molecule has 134 valence electrons. The van der Waals surface area contributed by atoms with Crippen LogP contribution in [0.15, 0.2) is 72.8 Å². The Morgan fingerprint density at radius 3 is 1.96 bits per heavy atom. The van der Waals surface area contributed by atoms with Crippen molar-refractivity contribution in [2.24, 2.45) is 0 Å². The Morgan fingerprint density at radius 1 is 0.704 bits per heavy atom. The van der Waals surface area contributed by atoms with Gasteiger partial charge in [0.05, 0.1) is 11.3 Å². The molecule has 1 N–H and O–H groups in total. The van der Waals surface area contributed by atoms with E-state index in [0.29, 0.717) is 0 Å². The van der Waals surface area contributed by atoms with Gasteiger partial charge in [0.1, 0.15) is 5.69 Å². The summed E-state index contributed by atoms with van der Waals surface area (Å²) in [6.07, 6.45) is 0. The van der Waals surface area contributed by atoms with Crippen LogP contribution in [0.2, 0.25) is 0 Å². The number of aromatic hydroxyl groups is 1. The van der Waals surface area contributed by atoms with Crippen LogP contribution in [-0.2, 0) is 0 Å². The second kappa shape index (κ2) is 6.76. The van der Waals surface area contributed by atoms with Crippen molar-refractivity contribution >= 4 is 0 Å². The summed E-state index contributed by atoms with van der Waals surface area (Å²) < 4.78 is 1.62. The Balaban J connectivity index is 1.97. The first kappa shape index (κ1) is 17.1. The smallest absolute Gasteiger partial charge is 0.222 e. The average Bonchev–Trinajstić information content (AvgIpc) is 3.00. The van der Waals surface area contributed by atoms with E-state index in [9.17, 15) is 5.11 Å². The molecule has 1 aromatic heterocycles. The summed E-state index contributed by atoms with van der Waals surface area (Å²) in [5.74, 6) is 0.152. The molecule has 0 fully saturated rings. The topological polar surface area (TPSA) is 38.0 Å². The highest BCUT2D eigenvalue weighted by Crippen LogP contribution is 2.40. The van der Waals surface area contributed by atoms with Crippen molar-refractivity contribution in [2.75, 3.05) is 0 Å². The van der Waals surface area contributed by atoms with Crippen LogP contribution in [0.1, 0.15) is 16.7 Å². The molecule has 27 heavy (non-hydrogen) atoms. The van der Waals surface area contributed by atoms with Crippen LogP contribution in [0.5, 0.6) is 5.88 Å². The molecule has 0 aliphatic rings. The molecule has 1 heterocycles. The first-order chi connectivity index (χ1) is 13.0. The summed E-state index contributed by atoms with van der Waals surface area (Å²) in [5.41, 5.74) is 7.82. The van der Waals surface area contributed by atoms with Crippen molar-refractivity contribution in [1.29, 1.82) is 0 Å². The van der Waals surface area contributed by atoms with Crippen LogP contribution in [0.3, 0.4) is 0 Å². The summed E-state index contributed by atoms with van der Waals surface area (Å²) in [4.78, 5) is 0. The van der Waals surface area contributed by atoms with Crippen LogP contribution in [-0.4, -0.2) is 14.9 Å². The number of aromatic nitrogens is 2. The van der Waals surface area contributed by atoms with E-state index in [0.717, 1.165) is 33.6 Å². The van der Waals surface area contributed by atoms with E-state index in [1.165, 1.54) is 11.1 Å². The van der Waals surface area contributed by atoms with E-state index in [-0.39, 0.29) is 5.88 Å². The summed E-state index contributed by atoms with van der Waals surface area (Å²) in [6.45, 7) is 6.16. The van der Waals surface area contributed by atoms with Crippen molar-refractivity contribution in [3.63, 3.8) is 0 Å². The standard InChI is InChI=1S/C24H22N2O/c1-16-7-11-19(12-8-16)22-23(20-6-4-5-18(3)15-20)25-26(24(22)27)21-13-9-17(2)10-14-21/h4-15,27H,1-3H3. The van der Waals surface area contributed by atoms with Crippen LogP contribution in [0.4, 0.5) is 0 Å². The molecule has 3 heteroatoms. The zero-order valence-corrected chi connectivity index (χ0v) is 15.8. The molecule has 0 saturated carbocycles. The Kier molecular flexibility index (Phi) is 4.28. The molecule has 0 spiro atoms. The van der Waals surface area contributed by atoms with Gasteiger partial charge in [-0.25, -0.2) is 4.68 Å². The van der Waals surface area contributed by atoms with Crippen LogP contribution < -0.4 is 0 Å². The largest absolute Gasteiger partial charge is 0.493 e. The van der Waals surface area contributed by atoms with Gasteiger partial charge in [0, 0.05) is 5.56 Å². The van der Waals surface area contributed by atoms with Gasteiger partial charge in [-0.05, 0) is 44.5 Å². The number of hydrogen-bond acceptors (Lipinski definition) is 2. The number of hydrogen-bond donors (Lipinski definition) is 1. The maximum atomic E-state index is 11.1. The number of aryl methyl sites for hydroxylation is 3. The lowest BCUT2D eigenvalue weighted by Gasteiger charge is -2.06. The van der Waals surface area contributed by atoms with Gasteiger partial charge in [0.25, 0.3) is 0 Å². The second-order valence-corrected chi connectivity index (χ2v) is 7.03. The van der Waals surface area contributed by atoms with Crippen LogP contribution in [0.25, 0.3) is 28.1 Å². The Bertz CT molecular complexity index is 1090. The highest BCUT2D eigenvalue weighted by atomic mass is 16.3. The monoisotopic (exact) mass is 354 g/mol. The molecule has 0 aliphatic heterocycles. The van der Waals surface area contributed by atoms with Crippen molar-refractivity contribution < 1.29 is 5.11 Å². The third-order valence-electron chi connectivity index (χ3n) is 4.77. The molecule has 4 rings (SSSR count). The molecule has 3 aromatic carbocycles. The molecule has 0 bridgehead atoms. The van der Waals surface area contributed by atoms with Crippen molar-refractivity contribution in [3.8, 4) is 34.0 Å².